The van der Waals surface area contributed by atoms with Crippen LogP contribution in [0.5, 0.6) is 0 Å². The Labute approximate surface area is 97.8 Å². The monoisotopic (exact) mass is 243 g/mol. The first kappa shape index (κ1) is 14.8. The molecule has 0 bridgehead atoms. The molecule has 17 heavy (non-hydrogen) atoms. The van der Waals surface area contributed by atoms with Gasteiger partial charge in [0.1, 0.15) is 13.2 Å². The maximum Gasteiger partial charge on any atom is 0.363 e. The Balaban J connectivity index is 3.78. The third-order valence-electron chi connectivity index (χ3n) is 1.38. The number of carbonyl (C=O) groups excluding carboxylic acids is 3. The summed E-state index contributed by atoms with van der Waals surface area (Å²) in [5.74, 6) is -2.43. The zero-order valence-electron chi connectivity index (χ0n) is 9.09. The zero-order chi connectivity index (χ0) is 13.3. The lowest BCUT2D eigenvalue weighted by Gasteiger charge is -2.11. The number of nitrogens with two attached hydrogens (primary N) is 1. The Morgan fingerprint density at radius 1 is 1.06 bits per heavy atom. The van der Waals surface area contributed by atoms with Crippen LogP contribution in [0.2, 0.25) is 0 Å². The van der Waals surface area contributed by atoms with Crippen molar-refractivity contribution in [2.24, 2.45) is 5.73 Å². The van der Waals surface area contributed by atoms with E-state index in [4.69, 9.17) is 5.73 Å². The van der Waals surface area contributed by atoms with Crippen molar-refractivity contribution in [2.45, 2.75) is 6.23 Å². The summed E-state index contributed by atoms with van der Waals surface area (Å²) in [6.45, 7) is 5.97. The Bertz CT molecular complexity index is 325. The fourth-order valence-electron chi connectivity index (χ4n) is 0.647. The normalized spacial score (nSPS) is 10.9. The molecule has 0 aromatic heterocycles. The van der Waals surface area contributed by atoms with Gasteiger partial charge in [0.25, 0.3) is 0 Å². The van der Waals surface area contributed by atoms with Crippen LogP contribution in [0.15, 0.2) is 25.3 Å². The largest absolute Gasteiger partial charge is 0.459 e. The molecule has 0 aliphatic carbocycles. The summed E-state index contributed by atoms with van der Waals surface area (Å²) < 4.78 is 13.5. The quantitative estimate of drug-likeness (QED) is 0.207. The van der Waals surface area contributed by atoms with Crippen molar-refractivity contribution < 1.29 is 28.6 Å². The Hall–Kier alpha value is -2.15. The first-order valence-electron chi connectivity index (χ1n) is 4.55. The predicted molar refractivity (Wildman–Crippen MR) is 56.4 cm³/mol. The molecule has 94 valence electrons. The van der Waals surface area contributed by atoms with Gasteiger partial charge in [-0.25, -0.2) is 14.4 Å². The molecule has 0 aliphatic rings. The van der Waals surface area contributed by atoms with Crippen LogP contribution in [0.25, 0.3) is 0 Å². The summed E-state index contributed by atoms with van der Waals surface area (Å²) in [6.07, 6.45) is 0.300. The topological polar surface area (TPSA) is 105 Å². The highest BCUT2D eigenvalue weighted by Crippen LogP contribution is 1.91. The van der Waals surface area contributed by atoms with Crippen molar-refractivity contribution >= 4 is 17.9 Å². The van der Waals surface area contributed by atoms with E-state index in [1.54, 1.807) is 0 Å². The minimum atomic E-state index is -1.53. The van der Waals surface area contributed by atoms with Gasteiger partial charge in [-0.3, -0.25) is 5.73 Å². The molecule has 0 aromatic carbocycles. The van der Waals surface area contributed by atoms with Gasteiger partial charge in [0, 0.05) is 12.2 Å². The second-order valence-electron chi connectivity index (χ2n) is 2.60. The van der Waals surface area contributed by atoms with Crippen LogP contribution in [-0.2, 0) is 28.6 Å². The summed E-state index contributed by atoms with van der Waals surface area (Å²) >= 11 is 0. The van der Waals surface area contributed by atoms with Crippen LogP contribution in [0.3, 0.4) is 0 Å². The van der Waals surface area contributed by atoms with Gasteiger partial charge < -0.3 is 14.2 Å². The van der Waals surface area contributed by atoms with Crippen molar-refractivity contribution in [3.05, 3.63) is 25.3 Å². The van der Waals surface area contributed by atoms with E-state index in [1.807, 2.05) is 0 Å². The second-order valence-corrected chi connectivity index (χ2v) is 2.60. The molecule has 2 N–H and O–H groups in total. The van der Waals surface area contributed by atoms with E-state index >= 15 is 0 Å². The number of ether oxygens (including phenoxy) is 3. The van der Waals surface area contributed by atoms with Crippen LogP contribution in [0, 0.1) is 0 Å². The van der Waals surface area contributed by atoms with Gasteiger partial charge >= 0.3 is 17.9 Å². The van der Waals surface area contributed by atoms with Crippen molar-refractivity contribution in [1.82, 2.24) is 0 Å². The number of carbonyl (C=O) groups is 3. The summed E-state index contributed by atoms with van der Waals surface area (Å²) in [4.78, 5) is 32.4. The van der Waals surface area contributed by atoms with Crippen molar-refractivity contribution in [3.8, 4) is 0 Å². The summed E-state index contributed by atoms with van der Waals surface area (Å²) in [5, 5.41) is 0. The third kappa shape index (κ3) is 6.85. The minimum absolute atomic E-state index is 0.140. The van der Waals surface area contributed by atoms with E-state index in [1.165, 1.54) is 0 Å². The number of rotatable bonds is 7. The zero-order valence-corrected chi connectivity index (χ0v) is 9.09. The number of hydrogen-bond acceptors (Lipinski definition) is 7. The number of esters is 3. The first-order valence-corrected chi connectivity index (χ1v) is 4.55. The highest BCUT2D eigenvalue weighted by atomic mass is 16.6. The summed E-state index contributed by atoms with van der Waals surface area (Å²) in [7, 11) is 0. The second kappa shape index (κ2) is 8.05. The molecule has 0 rings (SSSR count). The fraction of sp³-hybridized carbons (Fsp3) is 0.300. The lowest BCUT2D eigenvalue weighted by molar-refractivity contribution is -0.166. The molecule has 0 spiro atoms. The average molecular weight is 243 g/mol. The molecule has 7 heteroatoms. The van der Waals surface area contributed by atoms with Crippen molar-refractivity contribution in [1.29, 1.82) is 0 Å². The van der Waals surface area contributed by atoms with E-state index < -0.39 is 24.1 Å². The van der Waals surface area contributed by atoms with Crippen LogP contribution >= 0.6 is 0 Å². The molecule has 1 unspecified atom stereocenters. The molecule has 0 fully saturated rings. The van der Waals surface area contributed by atoms with Gasteiger partial charge in [-0.2, -0.15) is 0 Å². The molecule has 0 aliphatic heterocycles. The molecule has 7 nitrogen and oxygen atoms in total. The molecule has 1 atom stereocenters. The van der Waals surface area contributed by atoms with E-state index in [9.17, 15) is 14.4 Å². The van der Waals surface area contributed by atoms with Gasteiger partial charge in [0.15, 0.2) is 0 Å². The minimum Gasteiger partial charge on any atom is -0.459 e. The SMILES string of the molecule is C=CC(=O)OCCOC(=O)C(N)OC(=O)C=C. The smallest absolute Gasteiger partial charge is 0.363 e. The van der Waals surface area contributed by atoms with Crippen molar-refractivity contribution in [2.75, 3.05) is 13.2 Å². The van der Waals surface area contributed by atoms with Crippen molar-refractivity contribution in [3.63, 3.8) is 0 Å². The molecule has 0 heterocycles. The maximum absolute atomic E-state index is 11.1. The predicted octanol–water partition coefficient (Wildman–Crippen LogP) is -0.727. The van der Waals surface area contributed by atoms with Gasteiger partial charge in [0.05, 0.1) is 0 Å². The van der Waals surface area contributed by atoms with Crippen LogP contribution in [0.1, 0.15) is 0 Å². The standard InChI is InChI=1S/C10H13NO6/c1-3-7(12)15-5-6-16-10(14)9(11)17-8(13)4-2/h3-4,9H,1-2,5-6,11H2. The number of hydrogen-bond donors (Lipinski definition) is 1. The highest BCUT2D eigenvalue weighted by molar-refractivity contribution is 5.84. The molecule has 0 aromatic rings. The Kier molecular flexibility index (Phi) is 7.04. The Morgan fingerprint density at radius 2 is 1.59 bits per heavy atom. The molecule has 0 saturated heterocycles. The van der Waals surface area contributed by atoms with E-state index in [0.717, 1.165) is 12.2 Å². The van der Waals surface area contributed by atoms with Crippen LogP contribution < -0.4 is 5.73 Å². The highest BCUT2D eigenvalue weighted by Gasteiger charge is 2.18. The molecule has 0 radical (unpaired) electrons. The molecular formula is C10H13NO6. The lowest BCUT2D eigenvalue weighted by Crippen LogP contribution is -2.37. The third-order valence-corrected chi connectivity index (χ3v) is 1.38. The van der Waals surface area contributed by atoms with E-state index in [0.29, 0.717) is 0 Å². The van der Waals surface area contributed by atoms with Crippen LogP contribution in [0.4, 0.5) is 0 Å². The lowest BCUT2D eigenvalue weighted by atomic mass is 10.5. The Morgan fingerprint density at radius 3 is 2.12 bits per heavy atom. The van der Waals surface area contributed by atoms with E-state index in [2.05, 4.69) is 27.4 Å². The molecule has 0 amide bonds. The van der Waals surface area contributed by atoms with Gasteiger partial charge in [-0.1, -0.05) is 13.2 Å². The fourth-order valence-corrected chi connectivity index (χ4v) is 0.647. The van der Waals surface area contributed by atoms with Gasteiger partial charge in [-0.15, -0.1) is 0 Å². The summed E-state index contributed by atoms with van der Waals surface area (Å²) in [6, 6.07) is 0. The van der Waals surface area contributed by atoms with Gasteiger partial charge in [-0.05, 0) is 0 Å². The van der Waals surface area contributed by atoms with Gasteiger partial charge in [0.2, 0.25) is 6.23 Å². The first-order chi connectivity index (χ1) is 8.01. The summed E-state index contributed by atoms with van der Waals surface area (Å²) in [5.41, 5.74) is 5.17. The average Bonchev–Trinajstić information content (AvgIpc) is 2.33. The molecule has 0 saturated carbocycles. The van der Waals surface area contributed by atoms with Crippen LogP contribution in [-0.4, -0.2) is 37.3 Å². The molecular weight excluding hydrogens is 230 g/mol. The maximum atomic E-state index is 11.1. The van der Waals surface area contributed by atoms with E-state index in [-0.39, 0.29) is 13.2 Å².